The molecule has 1 atom stereocenters. The minimum atomic E-state index is -4.66. The summed E-state index contributed by atoms with van der Waals surface area (Å²) in [4.78, 5) is 22.8. The number of nitrogens with two attached hydrogens (primary N) is 1. The van der Waals surface area contributed by atoms with Crippen LogP contribution in [0.4, 0.5) is 23.4 Å². The van der Waals surface area contributed by atoms with Crippen LogP contribution in [-0.2, 0) is 10.9 Å². The van der Waals surface area contributed by atoms with Gasteiger partial charge in [0.1, 0.15) is 17.5 Å². The Morgan fingerprint density at radius 3 is 2.71 bits per heavy atom. The third-order valence-electron chi connectivity index (χ3n) is 6.52. The summed E-state index contributed by atoms with van der Waals surface area (Å²) in [5.74, 6) is -1.33. The summed E-state index contributed by atoms with van der Waals surface area (Å²) in [7, 11) is 0. The first-order valence-electron chi connectivity index (χ1n) is 12.0. The number of alkyl halides is 3. The smallest absolute Gasteiger partial charge is 0.383 e. The molecule has 1 unspecified atom stereocenters. The van der Waals surface area contributed by atoms with E-state index < -0.39 is 35.3 Å². The maximum Gasteiger partial charge on any atom is 0.419 e. The molecule has 1 amide bonds. The molecule has 38 heavy (non-hydrogen) atoms. The number of hydrogen-bond acceptors (Lipinski definition) is 8. The lowest BCUT2D eigenvalue weighted by molar-refractivity contribution is -0.137. The lowest BCUT2D eigenvalue weighted by Crippen LogP contribution is -2.41. The van der Waals surface area contributed by atoms with Gasteiger partial charge in [-0.15, -0.1) is 0 Å². The average Bonchev–Trinajstić information content (AvgIpc) is 3.32. The Bertz CT molecular complexity index is 1320. The fourth-order valence-corrected chi connectivity index (χ4v) is 4.46. The highest BCUT2D eigenvalue weighted by molar-refractivity contribution is 6.14. The normalized spacial score (nSPS) is 19.7. The summed E-state index contributed by atoms with van der Waals surface area (Å²) >= 11 is 0. The Morgan fingerprint density at radius 1 is 1.18 bits per heavy atom. The number of nitrogens with zero attached hydrogens (tertiary/aromatic N) is 5. The number of allylic oxidation sites excluding steroid dienone is 1. The van der Waals surface area contributed by atoms with Crippen LogP contribution in [0.5, 0.6) is 0 Å². The molecule has 0 radical (unpaired) electrons. The van der Waals surface area contributed by atoms with E-state index in [0.29, 0.717) is 37.7 Å². The SMILES string of the molecule is Nc1ncc(C2=NN3C(=NCC3c3ccc(C(=O)NCCN4CCOCC4)c(F)c3)C=C2)cc1C(F)(F)F. The van der Waals surface area contributed by atoms with E-state index in [1.165, 1.54) is 29.4 Å². The first-order chi connectivity index (χ1) is 18.2. The van der Waals surface area contributed by atoms with Gasteiger partial charge >= 0.3 is 6.18 Å². The fraction of sp³-hybridized carbons (Fsp3) is 0.360. The van der Waals surface area contributed by atoms with Gasteiger partial charge in [-0.3, -0.25) is 14.7 Å². The number of halogens is 4. The van der Waals surface area contributed by atoms with Crippen LogP contribution in [0.2, 0.25) is 0 Å². The highest BCUT2D eigenvalue weighted by Gasteiger charge is 2.35. The first kappa shape index (κ1) is 25.8. The molecule has 5 rings (SSSR count). The number of morpholine rings is 1. The van der Waals surface area contributed by atoms with Gasteiger partial charge in [-0.05, 0) is 35.9 Å². The molecular formula is C25H25F4N7O2. The van der Waals surface area contributed by atoms with Gasteiger partial charge in [0.2, 0.25) is 0 Å². The molecule has 13 heteroatoms. The summed E-state index contributed by atoms with van der Waals surface area (Å²) in [6.07, 6.45) is -0.287. The molecule has 4 heterocycles. The highest BCUT2D eigenvalue weighted by Crippen LogP contribution is 2.34. The molecule has 0 saturated carbocycles. The Hall–Kier alpha value is -3.84. The number of nitrogens with one attached hydrogen (secondary N) is 1. The van der Waals surface area contributed by atoms with E-state index in [1.54, 1.807) is 12.1 Å². The van der Waals surface area contributed by atoms with Crippen molar-refractivity contribution in [3.63, 3.8) is 0 Å². The minimum absolute atomic E-state index is 0.0785. The fourth-order valence-electron chi connectivity index (χ4n) is 4.46. The number of hydrogen-bond donors (Lipinski definition) is 2. The molecule has 2 aromatic rings. The van der Waals surface area contributed by atoms with Crippen molar-refractivity contribution in [3.8, 4) is 0 Å². The molecule has 200 valence electrons. The summed E-state index contributed by atoms with van der Waals surface area (Å²) in [5.41, 5.74) is 5.16. The van der Waals surface area contributed by atoms with Gasteiger partial charge in [-0.25, -0.2) is 14.4 Å². The predicted octanol–water partition coefficient (Wildman–Crippen LogP) is 2.61. The third-order valence-corrected chi connectivity index (χ3v) is 6.52. The summed E-state index contributed by atoms with van der Waals surface area (Å²) in [6, 6.07) is 4.70. The molecule has 0 spiro atoms. The zero-order valence-corrected chi connectivity index (χ0v) is 20.2. The monoisotopic (exact) mass is 531 g/mol. The Kier molecular flexibility index (Phi) is 7.13. The largest absolute Gasteiger partial charge is 0.419 e. The summed E-state index contributed by atoms with van der Waals surface area (Å²) in [6.45, 7) is 4.17. The average molecular weight is 532 g/mol. The quantitative estimate of drug-likeness (QED) is 0.555. The van der Waals surface area contributed by atoms with Crippen LogP contribution in [0.1, 0.15) is 33.1 Å². The van der Waals surface area contributed by atoms with E-state index >= 15 is 0 Å². The zero-order valence-electron chi connectivity index (χ0n) is 20.2. The van der Waals surface area contributed by atoms with Crippen molar-refractivity contribution in [2.75, 3.05) is 51.7 Å². The number of aliphatic imine (C=N–C) groups is 1. The number of aromatic nitrogens is 1. The Morgan fingerprint density at radius 2 is 1.97 bits per heavy atom. The van der Waals surface area contributed by atoms with Crippen LogP contribution in [0, 0.1) is 5.82 Å². The van der Waals surface area contributed by atoms with Crippen molar-refractivity contribution in [3.05, 3.63) is 70.7 Å². The molecule has 1 fully saturated rings. The van der Waals surface area contributed by atoms with Crippen LogP contribution < -0.4 is 11.1 Å². The van der Waals surface area contributed by atoms with Gasteiger partial charge < -0.3 is 15.8 Å². The number of carbonyl (C=O) groups is 1. The van der Waals surface area contributed by atoms with E-state index in [-0.39, 0.29) is 23.4 Å². The number of amidine groups is 1. The molecule has 0 aliphatic carbocycles. The lowest BCUT2D eigenvalue weighted by atomic mass is 10.0. The van der Waals surface area contributed by atoms with Crippen molar-refractivity contribution in [1.29, 1.82) is 0 Å². The molecular weight excluding hydrogens is 506 g/mol. The van der Waals surface area contributed by atoms with E-state index in [4.69, 9.17) is 10.5 Å². The number of carbonyl (C=O) groups excluding carboxylic acids is 1. The number of ether oxygens (including phenoxy) is 1. The van der Waals surface area contributed by atoms with Crippen molar-refractivity contribution in [2.45, 2.75) is 12.2 Å². The van der Waals surface area contributed by atoms with E-state index in [0.717, 1.165) is 19.2 Å². The number of pyridine rings is 1. The number of fused-ring (bicyclic) bond motifs is 1. The van der Waals surface area contributed by atoms with Crippen LogP contribution in [0.15, 0.2) is 52.7 Å². The maximum absolute atomic E-state index is 15.0. The first-order valence-corrected chi connectivity index (χ1v) is 12.0. The highest BCUT2D eigenvalue weighted by atomic mass is 19.4. The van der Waals surface area contributed by atoms with Crippen molar-refractivity contribution in [2.24, 2.45) is 10.1 Å². The van der Waals surface area contributed by atoms with E-state index in [1.807, 2.05) is 0 Å². The topological polar surface area (TPSA) is 108 Å². The van der Waals surface area contributed by atoms with Gasteiger partial charge in [0.25, 0.3) is 5.91 Å². The van der Waals surface area contributed by atoms with Gasteiger partial charge in [-0.1, -0.05) is 6.07 Å². The molecule has 9 nitrogen and oxygen atoms in total. The zero-order chi connectivity index (χ0) is 26.9. The van der Waals surface area contributed by atoms with Gasteiger partial charge in [0.05, 0.1) is 42.6 Å². The standard InChI is InChI=1S/C25H25F4N7O2/c26-19-12-15(1-2-17(19)24(37)31-5-6-35-7-9-38-10-8-35)21-14-32-22-4-3-20(34-36(21)22)16-11-18(25(27,28)29)23(30)33-13-16/h1-4,11-13,21H,5-10,14H2,(H2,30,33)(H,31,37). The van der Waals surface area contributed by atoms with Crippen molar-refractivity contribution >= 4 is 23.3 Å². The number of benzene rings is 1. The predicted molar refractivity (Wildman–Crippen MR) is 132 cm³/mol. The number of nitrogen functional groups attached to an aromatic ring is 1. The van der Waals surface area contributed by atoms with Gasteiger partial charge in [0.15, 0.2) is 0 Å². The molecule has 3 aliphatic heterocycles. The van der Waals surface area contributed by atoms with Crippen molar-refractivity contribution < 1.29 is 27.1 Å². The minimum Gasteiger partial charge on any atom is -0.383 e. The molecule has 1 aromatic heterocycles. The molecule has 3 N–H and O–H groups in total. The van der Waals surface area contributed by atoms with E-state index in [2.05, 4.69) is 25.3 Å². The molecule has 3 aliphatic rings. The second-order valence-electron chi connectivity index (χ2n) is 8.98. The third kappa shape index (κ3) is 5.38. The number of anilines is 1. The van der Waals surface area contributed by atoms with Crippen LogP contribution in [0.25, 0.3) is 0 Å². The molecule has 1 aromatic carbocycles. The number of amides is 1. The lowest BCUT2D eigenvalue weighted by Gasteiger charge is -2.26. The van der Waals surface area contributed by atoms with Crippen LogP contribution in [0.3, 0.4) is 0 Å². The second kappa shape index (κ2) is 10.5. The van der Waals surface area contributed by atoms with Gasteiger partial charge in [-0.2, -0.15) is 18.3 Å². The maximum atomic E-state index is 15.0. The Labute approximate surface area is 215 Å². The number of rotatable bonds is 6. The number of hydrazone groups is 1. The summed E-state index contributed by atoms with van der Waals surface area (Å²) < 4.78 is 60.2. The Balaban J connectivity index is 1.29. The second-order valence-corrected chi connectivity index (χ2v) is 8.98. The van der Waals surface area contributed by atoms with Gasteiger partial charge in [0, 0.05) is 37.9 Å². The van der Waals surface area contributed by atoms with E-state index in [9.17, 15) is 22.4 Å². The summed E-state index contributed by atoms with van der Waals surface area (Å²) in [5, 5.41) is 8.73. The van der Waals surface area contributed by atoms with Crippen LogP contribution in [-0.4, -0.2) is 78.3 Å². The molecule has 0 bridgehead atoms. The molecule has 1 saturated heterocycles. The van der Waals surface area contributed by atoms with Crippen LogP contribution >= 0.6 is 0 Å². The van der Waals surface area contributed by atoms with Crippen molar-refractivity contribution in [1.82, 2.24) is 20.2 Å².